The van der Waals surface area contributed by atoms with E-state index >= 15 is 0 Å². The average Bonchev–Trinajstić information content (AvgIpc) is 2.99. The van der Waals surface area contributed by atoms with Gasteiger partial charge in [0.15, 0.2) is 5.57 Å². The van der Waals surface area contributed by atoms with Crippen LogP contribution in [0, 0.1) is 22.7 Å². The second kappa shape index (κ2) is 9.24. The number of benzene rings is 1. The number of nitrogens with one attached hydrogen (secondary N) is 1. The van der Waals surface area contributed by atoms with E-state index in [1.54, 1.807) is 30.7 Å². The molecule has 0 saturated heterocycles. The van der Waals surface area contributed by atoms with Crippen LogP contribution < -0.4 is 5.32 Å². The number of methoxy groups -OCH3 is 1. The summed E-state index contributed by atoms with van der Waals surface area (Å²) in [6, 6.07) is 11.2. The molecule has 0 radical (unpaired) electrons. The number of aryl methyl sites for hydroxylation is 1. The van der Waals surface area contributed by atoms with Gasteiger partial charge in [-0.3, -0.25) is 4.79 Å². The van der Waals surface area contributed by atoms with Crippen molar-refractivity contribution in [1.82, 2.24) is 9.88 Å². The highest BCUT2D eigenvalue weighted by Gasteiger charge is 2.25. The number of ether oxygens (including phenoxy) is 2. The molecular weight excluding hydrogens is 360 g/mol. The minimum absolute atomic E-state index is 0.0316. The minimum Gasteiger partial charge on any atom is -0.466 e. The van der Waals surface area contributed by atoms with Crippen molar-refractivity contribution in [2.24, 2.45) is 7.05 Å². The summed E-state index contributed by atoms with van der Waals surface area (Å²) in [5, 5.41) is 22.9. The minimum atomic E-state index is -0.835. The van der Waals surface area contributed by atoms with Gasteiger partial charge in [-0.1, -0.05) is 18.2 Å². The first kappa shape index (κ1) is 20.5. The lowest BCUT2D eigenvalue weighted by Crippen LogP contribution is -2.22. The van der Waals surface area contributed by atoms with Crippen molar-refractivity contribution in [2.45, 2.75) is 13.3 Å². The number of rotatable bonds is 7. The van der Waals surface area contributed by atoms with Crippen molar-refractivity contribution in [1.29, 1.82) is 10.5 Å². The Bertz CT molecular complexity index is 1020. The van der Waals surface area contributed by atoms with E-state index in [4.69, 9.17) is 9.47 Å². The number of carbonyl (C=O) groups is 2. The van der Waals surface area contributed by atoms with E-state index in [1.165, 1.54) is 7.11 Å². The Morgan fingerprint density at radius 2 is 1.96 bits per heavy atom. The normalized spacial score (nSPS) is 11.2. The maximum absolute atomic E-state index is 12.2. The lowest BCUT2D eigenvalue weighted by atomic mass is 10.0. The first-order chi connectivity index (χ1) is 13.5. The first-order valence-corrected chi connectivity index (χ1v) is 8.60. The van der Waals surface area contributed by atoms with E-state index < -0.39 is 11.9 Å². The standard InChI is InChI=1S/C20H20N4O4/c1-4-28-17(25)9-10-23-19(14(11-21)20(26)27-3)18-13-7-5-6-8-15(13)24(2)16(18)12-22/h5-8,23H,4,9-10H2,1-3H3/b19-14-. The fourth-order valence-corrected chi connectivity index (χ4v) is 2.91. The van der Waals surface area contributed by atoms with E-state index in [-0.39, 0.29) is 36.5 Å². The lowest BCUT2D eigenvalue weighted by Gasteiger charge is -2.13. The molecule has 0 bridgehead atoms. The van der Waals surface area contributed by atoms with Crippen LogP contribution in [0.1, 0.15) is 24.6 Å². The van der Waals surface area contributed by atoms with Crippen molar-refractivity contribution in [3.05, 3.63) is 41.1 Å². The summed E-state index contributed by atoms with van der Waals surface area (Å²) in [5.41, 5.74) is 1.31. The molecule has 0 atom stereocenters. The number of nitriles is 2. The topological polar surface area (TPSA) is 117 Å². The van der Waals surface area contributed by atoms with E-state index in [0.29, 0.717) is 10.9 Å². The molecule has 0 aliphatic carbocycles. The van der Waals surface area contributed by atoms with Gasteiger partial charge >= 0.3 is 11.9 Å². The van der Waals surface area contributed by atoms with Crippen LogP contribution in [0.15, 0.2) is 29.8 Å². The first-order valence-electron chi connectivity index (χ1n) is 8.60. The van der Waals surface area contributed by atoms with E-state index in [0.717, 1.165) is 5.52 Å². The Balaban J connectivity index is 2.64. The molecule has 0 saturated carbocycles. The van der Waals surface area contributed by atoms with Crippen LogP contribution in [0.3, 0.4) is 0 Å². The highest BCUT2D eigenvalue weighted by atomic mass is 16.5. The number of esters is 2. The van der Waals surface area contributed by atoms with Crippen molar-refractivity contribution in [3.63, 3.8) is 0 Å². The molecular formula is C20H20N4O4. The number of para-hydroxylation sites is 1. The van der Waals surface area contributed by atoms with Crippen LogP contribution >= 0.6 is 0 Å². The Morgan fingerprint density at radius 3 is 2.57 bits per heavy atom. The Morgan fingerprint density at radius 1 is 1.25 bits per heavy atom. The molecule has 0 fully saturated rings. The molecule has 1 aromatic heterocycles. The molecule has 144 valence electrons. The summed E-state index contributed by atoms with van der Waals surface area (Å²) < 4.78 is 11.3. The van der Waals surface area contributed by atoms with Gasteiger partial charge in [0.1, 0.15) is 17.8 Å². The van der Waals surface area contributed by atoms with Crippen LogP contribution in [-0.4, -0.2) is 36.8 Å². The van der Waals surface area contributed by atoms with Crippen molar-refractivity contribution >= 4 is 28.5 Å². The largest absolute Gasteiger partial charge is 0.466 e. The van der Waals surface area contributed by atoms with Gasteiger partial charge in [0.2, 0.25) is 0 Å². The lowest BCUT2D eigenvalue weighted by molar-refractivity contribution is -0.143. The monoisotopic (exact) mass is 380 g/mol. The Kier molecular flexibility index (Phi) is 6.78. The predicted octanol–water partition coefficient (Wildman–Crippen LogP) is 2.00. The molecule has 0 aliphatic heterocycles. The summed E-state index contributed by atoms with van der Waals surface area (Å²) in [7, 11) is 2.90. The summed E-state index contributed by atoms with van der Waals surface area (Å²) in [6.07, 6.45) is 0.0316. The second-order valence-electron chi connectivity index (χ2n) is 5.75. The van der Waals surface area contributed by atoms with Gasteiger partial charge < -0.3 is 19.4 Å². The summed E-state index contributed by atoms with van der Waals surface area (Å²) in [5.74, 6) is -1.25. The third kappa shape index (κ3) is 3.97. The molecule has 0 amide bonds. The molecule has 0 unspecified atom stereocenters. The van der Waals surface area contributed by atoms with Gasteiger partial charge in [0, 0.05) is 30.1 Å². The van der Waals surface area contributed by atoms with Gasteiger partial charge in [0.05, 0.1) is 25.8 Å². The van der Waals surface area contributed by atoms with Crippen LogP contribution in [0.4, 0.5) is 0 Å². The van der Waals surface area contributed by atoms with Gasteiger partial charge in [0.25, 0.3) is 0 Å². The van der Waals surface area contributed by atoms with Crippen molar-refractivity contribution in [3.8, 4) is 12.1 Å². The summed E-state index contributed by atoms with van der Waals surface area (Å²) >= 11 is 0. The van der Waals surface area contributed by atoms with E-state index in [1.807, 2.05) is 18.2 Å². The van der Waals surface area contributed by atoms with Crippen LogP contribution in [-0.2, 0) is 26.1 Å². The molecule has 1 aromatic carbocycles. The SMILES string of the molecule is CCOC(=O)CCN/C(=C(/C#N)C(=O)OC)c1c(C#N)n(C)c2ccccc12. The molecule has 28 heavy (non-hydrogen) atoms. The smallest absolute Gasteiger partial charge is 0.350 e. The molecule has 8 nitrogen and oxygen atoms in total. The molecule has 8 heteroatoms. The number of hydrogen-bond acceptors (Lipinski definition) is 7. The molecule has 1 N–H and O–H groups in total. The fraction of sp³-hybridized carbons (Fsp3) is 0.300. The average molecular weight is 380 g/mol. The third-order valence-electron chi connectivity index (χ3n) is 4.15. The van der Waals surface area contributed by atoms with Crippen LogP contribution in [0.2, 0.25) is 0 Å². The van der Waals surface area contributed by atoms with Crippen LogP contribution in [0.5, 0.6) is 0 Å². The second-order valence-corrected chi connectivity index (χ2v) is 5.75. The zero-order chi connectivity index (χ0) is 20.7. The summed E-state index contributed by atoms with van der Waals surface area (Å²) in [6.45, 7) is 2.08. The number of carbonyl (C=O) groups excluding carboxylic acids is 2. The Labute approximate surface area is 162 Å². The molecule has 0 spiro atoms. The number of hydrogen-bond donors (Lipinski definition) is 1. The highest BCUT2D eigenvalue weighted by Crippen LogP contribution is 2.31. The number of nitrogens with zero attached hydrogens (tertiary/aromatic N) is 3. The van der Waals surface area contributed by atoms with Crippen LogP contribution in [0.25, 0.3) is 16.6 Å². The Hall–Kier alpha value is -3.78. The zero-order valence-electron chi connectivity index (χ0n) is 15.9. The van der Waals surface area contributed by atoms with Gasteiger partial charge in [-0.25, -0.2) is 4.79 Å². The fourth-order valence-electron chi connectivity index (χ4n) is 2.91. The van der Waals surface area contributed by atoms with Gasteiger partial charge in [-0.05, 0) is 13.0 Å². The van der Waals surface area contributed by atoms with E-state index in [9.17, 15) is 20.1 Å². The molecule has 2 rings (SSSR count). The molecule has 1 heterocycles. The number of fused-ring (bicyclic) bond motifs is 1. The van der Waals surface area contributed by atoms with Crippen molar-refractivity contribution in [2.75, 3.05) is 20.3 Å². The summed E-state index contributed by atoms with van der Waals surface area (Å²) in [4.78, 5) is 23.8. The number of aromatic nitrogens is 1. The zero-order valence-corrected chi connectivity index (χ0v) is 15.9. The molecule has 0 aliphatic rings. The quantitative estimate of drug-likeness (QED) is 0.443. The van der Waals surface area contributed by atoms with Gasteiger partial charge in [-0.15, -0.1) is 0 Å². The predicted molar refractivity (Wildman–Crippen MR) is 101 cm³/mol. The highest BCUT2D eigenvalue weighted by molar-refractivity contribution is 6.06. The van der Waals surface area contributed by atoms with E-state index in [2.05, 4.69) is 11.4 Å². The van der Waals surface area contributed by atoms with Crippen molar-refractivity contribution < 1.29 is 19.1 Å². The third-order valence-corrected chi connectivity index (χ3v) is 4.15. The maximum atomic E-state index is 12.2. The van der Waals surface area contributed by atoms with Gasteiger partial charge in [-0.2, -0.15) is 10.5 Å². The molecule has 2 aromatic rings. The maximum Gasteiger partial charge on any atom is 0.350 e.